The van der Waals surface area contributed by atoms with Crippen molar-refractivity contribution in [3.05, 3.63) is 35.4 Å². The molecule has 94 valence electrons. The van der Waals surface area contributed by atoms with E-state index in [0.717, 1.165) is 16.5 Å². The van der Waals surface area contributed by atoms with Crippen LogP contribution < -0.4 is 0 Å². The lowest BCUT2D eigenvalue weighted by molar-refractivity contribution is -0.156. The molecular formula is C14H19BrO2. The van der Waals surface area contributed by atoms with E-state index in [9.17, 15) is 4.79 Å². The normalized spacial score (nSPS) is 13.2. The largest absolute Gasteiger partial charge is 0.460 e. The molecule has 0 saturated carbocycles. The second kappa shape index (κ2) is 5.67. The molecule has 0 amide bonds. The fraction of sp³-hybridized carbons (Fsp3) is 0.500. The van der Waals surface area contributed by atoms with Gasteiger partial charge in [-0.25, -0.2) is 0 Å². The highest BCUT2D eigenvalue weighted by molar-refractivity contribution is 9.08. The number of benzene rings is 1. The van der Waals surface area contributed by atoms with Gasteiger partial charge in [0.1, 0.15) is 5.60 Å². The smallest absolute Gasteiger partial charge is 0.313 e. The van der Waals surface area contributed by atoms with Gasteiger partial charge >= 0.3 is 5.97 Å². The lowest BCUT2D eigenvalue weighted by atomic mass is 9.96. The van der Waals surface area contributed by atoms with Crippen molar-refractivity contribution in [2.45, 2.75) is 44.5 Å². The maximum absolute atomic E-state index is 12.0. The highest BCUT2D eigenvalue weighted by Crippen LogP contribution is 2.24. The van der Waals surface area contributed by atoms with Crippen LogP contribution in [0.25, 0.3) is 0 Å². The lowest BCUT2D eigenvalue weighted by Crippen LogP contribution is -2.27. The number of ether oxygens (including phenoxy) is 1. The Balaban J connectivity index is 2.89. The summed E-state index contributed by atoms with van der Waals surface area (Å²) in [6, 6.07) is 7.92. The van der Waals surface area contributed by atoms with Gasteiger partial charge in [-0.2, -0.15) is 0 Å². The molecule has 2 nitrogen and oxygen atoms in total. The zero-order valence-corrected chi connectivity index (χ0v) is 12.4. The summed E-state index contributed by atoms with van der Waals surface area (Å²) >= 11 is 3.44. The van der Waals surface area contributed by atoms with Gasteiger partial charge in [0.15, 0.2) is 0 Å². The van der Waals surface area contributed by atoms with Crippen molar-refractivity contribution in [3.8, 4) is 0 Å². The molecule has 0 spiro atoms. The number of rotatable bonds is 3. The quantitative estimate of drug-likeness (QED) is 0.622. The Morgan fingerprint density at radius 1 is 1.35 bits per heavy atom. The van der Waals surface area contributed by atoms with E-state index in [1.54, 1.807) is 0 Å². The van der Waals surface area contributed by atoms with Crippen LogP contribution in [0.1, 0.15) is 44.7 Å². The highest BCUT2D eigenvalue weighted by Gasteiger charge is 2.24. The summed E-state index contributed by atoms with van der Waals surface area (Å²) in [5, 5.41) is 0.746. The maximum Gasteiger partial charge on any atom is 0.313 e. The summed E-state index contributed by atoms with van der Waals surface area (Å²) in [5.41, 5.74) is 1.72. The molecule has 0 fully saturated rings. The van der Waals surface area contributed by atoms with Gasteiger partial charge in [-0.3, -0.25) is 4.79 Å². The molecule has 0 radical (unpaired) electrons. The first-order valence-corrected chi connectivity index (χ1v) is 6.84. The Morgan fingerprint density at radius 3 is 2.47 bits per heavy atom. The topological polar surface area (TPSA) is 26.3 Å². The number of hydrogen-bond donors (Lipinski definition) is 0. The standard InChI is InChI=1S/C14H19BrO2/c1-10(13(16)17-14(2,3)4)12-8-6-5-7-11(12)9-15/h5-8,10H,9H2,1-4H3. The SMILES string of the molecule is CC(C(=O)OC(C)(C)C)c1ccccc1CBr. The van der Waals surface area contributed by atoms with Gasteiger partial charge in [0.2, 0.25) is 0 Å². The molecule has 0 N–H and O–H groups in total. The number of hydrogen-bond acceptors (Lipinski definition) is 2. The van der Waals surface area contributed by atoms with Crippen molar-refractivity contribution in [1.29, 1.82) is 0 Å². The minimum absolute atomic E-state index is 0.175. The zero-order valence-electron chi connectivity index (χ0n) is 10.8. The molecule has 1 aromatic rings. The summed E-state index contributed by atoms with van der Waals surface area (Å²) in [4.78, 5) is 12.0. The molecule has 1 atom stereocenters. The number of carbonyl (C=O) groups is 1. The zero-order chi connectivity index (χ0) is 13.1. The number of halogens is 1. The van der Waals surface area contributed by atoms with E-state index in [1.165, 1.54) is 0 Å². The summed E-state index contributed by atoms with van der Waals surface area (Å²) in [6.07, 6.45) is 0. The van der Waals surface area contributed by atoms with Crippen molar-refractivity contribution in [2.75, 3.05) is 0 Å². The van der Waals surface area contributed by atoms with E-state index in [1.807, 2.05) is 52.0 Å². The third-order valence-electron chi connectivity index (χ3n) is 2.43. The van der Waals surface area contributed by atoms with Crippen LogP contribution in [0.2, 0.25) is 0 Å². The first-order valence-electron chi connectivity index (χ1n) is 5.72. The van der Waals surface area contributed by atoms with Gasteiger partial charge in [-0.1, -0.05) is 40.2 Å². The molecule has 0 saturated heterocycles. The van der Waals surface area contributed by atoms with Crippen LogP contribution in [0.4, 0.5) is 0 Å². The lowest BCUT2D eigenvalue weighted by Gasteiger charge is -2.23. The third kappa shape index (κ3) is 4.15. The molecule has 1 unspecified atom stereocenters. The Hall–Kier alpha value is -0.830. The van der Waals surface area contributed by atoms with Gasteiger partial charge in [0, 0.05) is 5.33 Å². The first-order chi connectivity index (χ1) is 7.85. The Kier molecular flexibility index (Phi) is 4.75. The number of esters is 1. The molecule has 0 aliphatic carbocycles. The molecule has 3 heteroatoms. The summed E-state index contributed by atoms with van der Waals surface area (Å²) in [7, 11) is 0. The minimum Gasteiger partial charge on any atom is -0.460 e. The van der Waals surface area contributed by atoms with Crippen LogP contribution in [0.15, 0.2) is 24.3 Å². The van der Waals surface area contributed by atoms with Crippen LogP contribution in [0.5, 0.6) is 0 Å². The average Bonchev–Trinajstić information content (AvgIpc) is 2.25. The first kappa shape index (κ1) is 14.2. The van der Waals surface area contributed by atoms with Gasteiger partial charge in [-0.05, 0) is 38.8 Å². The second-order valence-corrected chi connectivity index (χ2v) is 5.65. The maximum atomic E-state index is 12.0. The molecule has 0 aromatic heterocycles. The Bertz CT molecular complexity index is 393. The Morgan fingerprint density at radius 2 is 1.94 bits per heavy atom. The van der Waals surface area contributed by atoms with E-state index in [4.69, 9.17) is 4.74 Å². The molecule has 17 heavy (non-hydrogen) atoms. The summed E-state index contributed by atoms with van der Waals surface area (Å²) in [5.74, 6) is -0.408. The highest BCUT2D eigenvalue weighted by atomic mass is 79.9. The van der Waals surface area contributed by atoms with Crippen molar-refractivity contribution in [1.82, 2.24) is 0 Å². The van der Waals surface area contributed by atoms with Crippen LogP contribution in [-0.4, -0.2) is 11.6 Å². The second-order valence-electron chi connectivity index (χ2n) is 5.09. The van der Waals surface area contributed by atoms with Crippen LogP contribution in [0, 0.1) is 0 Å². The predicted molar refractivity (Wildman–Crippen MR) is 73.3 cm³/mol. The van der Waals surface area contributed by atoms with E-state index in [-0.39, 0.29) is 11.9 Å². The molecule has 1 rings (SSSR count). The average molecular weight is 299 g/mol. The predicted octanol–water partition coefficient (Wildman–Crippen LogP) is 4.03. The Labute approximate surface area is 111 Å². The van der Waals surface area contributed by atoms with E-state index < -0.39 is 5.60 Å². The fourth-order valence-corrected chi connectivity index (χ4v) is 2.11. The van der Waals surface area contributed by atoms with Gasteiger partial charge in [0.25, 0.3) is 0 Å². The molecule has 0 bridgehead atoms. The van der Waals surface area contributed by atoms with Crippen LogP contribution in [0.3, 0.4) is 0 Å². The van der Waals surface area contributed by atoms with E-state index >= 15 is 0 Å². The summed E-state index contributed by atoms with van der Waals surface area (Å²) in [6.45, 7) is 7.53. The summed E-state index contributed by atoms with van der Waals surface area (Å²) < 4.78 is 5.40. The number of alkyl halides is 1. The molecule has 1 aromatic carbocycles. The van der Waals surface area contributed by atoms with Crippen molar-refractivity contribution in [2.24, 2.45) is 0 Å². The van der Waals surface area contributed by atoms with Gasteiger partial charge < -0.3 is 4.74 Å². The molecule has 0 aliphatic rings. The van der Waals surface area contributed by atoms with Gasteiger partial charge in [0.05, 0.1) is 5.92 Å². The number of carbonyl (C=O) groups excluding carboxylic acids is 1. The monoisotopic (exact) mass is 298 g/mol. The van der Waals surface area contributed by atoms with E-state index in [0.29, 0.717) is 0 Å². The minimum atomic E-state index is -0.436. The fourth-order valence-electron chi connectivity index (χ4n) is 1.60. The molecular weight excluding hydrogens is 280 g/mol. The van der Waals surface area contributed by atoms with Gasteiger partial charge in [-0.15, -0.1) is 0 Å². The van der Waals surface area contributed by atoms with Crippen molar-refractivity contribution in [3.63, 3.8) is 0 Å². The van der Waals surface area contributed by atoms with Crippen molar-refractivity contribution >= 4 is 21.9 Å². The van der Waals surface area contributed by atoms with Crippen molar-refractivity contribution < 1.29 is 9.53 Å². The molecule has 0 heterocycles. The van der Waals surface area contributed by atoms with Crippen LogP contribution in [-0.2, 0) is 14.9 Å². The molecule has 0 aliphatic heterocycles. The van der Waals surface area contributed by atoms with Crippen LogP contribution >= 0.6 is 15.9 Å². The van der Waals surface area contributed by atoms with E-state index in [2.05, 4.69) is 15.9 Å². The third-order valence-corrected chi connectivity index (χ3v) is 3.03.